The Labute approximate surface area is 211 Å². The normalized spacial score (nSPS) is 12.0. The summed E-state index contributed by atoms with van der Waals surface area (Å²) >= 11 is 0. The highest BCUT2D eigenvalue weighted by Crippen LogP contribution is 2.31. The Morgan fingerprint density at radius 1 is 0.917 bits per heavy atom. The van der Waals surface area contributed by atoms with Gasteiger partial charge in [-0.15, -0.1) is 0 Å². The molecule has 1 aromatic heterocycles. The smallest absolute Gasteiger partial charge is 0.305 e. The van der Waals surface area contributed by atoms with Gasteiger partial charge in [-0.05, 0) is 61.2 Å². The van der Waals surface area contributed by atoms with Gasteiger partial charge in [-0.2, -0.15) is 0 Å². The van der Waals surface area contributed by atoms with Crippen molar-refractivity contribution >= 4 is 22.9 Å². The average Bonchev–Trinajstić information content (AvgIpc) is 3.32. The molecule has 0 saturated carbocycles. The van der Waals surface area contributed by atoms with Gasteiger partial charge in [0.25, 0.3) is 0 Å². The third-order valence-corrected chi connectivity index (χ3v) is 5.91. The van der Waals surface area contributed by atoms with Gasteiger partial charge in [-0.25, -0.2) is 4.98 Å². The number of ketones is 1. The van der Waals surface area contributed by atoms with Gasteiger partial charge in [0.2, 0.25) is 5.89 Å². The summed E-state index contributed by atoms with van der Waals surface area (Å²) in [6.07, 6.45) is 0.880. The zero-order chi connectivity index (χ0) is 25.5. The van der Waals surface area contributed by atoms with Gasteiger partial charge in [-0.1, -0.05) is 50.2 Å². The summed E-state index contributed by atoms with van der Waals surface area (Å²) < 4.78 is 17.1. The van der Waals surface area contributed by atoms with Crippen LogP contribution in [0.25, 0.3) is 22.6 Å². The molecular weight excluding hydrogens is 454 g/mol. The maximum atomic E-state index is 12.5. The van der Waals surface area contributed by atoms with Crippen molar-refractivity contribution in [3.63, 3.8) is 0 Å². The van der Waals surface area contributed by atoms with Crippen molar-refractivity contribution in [1.82, 2.24) is 4.98 Å². The molecule has 0 radical (unpaired) electrons. The minimum Gasteiger partial charge on any atom is -0.485 e. The molecule has 0 bridgehead atoms. The standard InChI is InChI=1S/C30H31NO5/c1-4-34-28(33)11-7-9-26(32)21-12-14-22(15-13-21)29(20(2)3)35-24-18-16-23(17-19-24)30-31-25-8-5-6-10-27(25)36-30/h5-6,8,10,12-20,29H,4,7,9,11H2,1-3H3. The second-order valence-electron chi connectivity index (χ2n) is 9.00. The molecule has 4 aromatic rings. The quantitative estimate of drug-likeness (QED) is 0.165. The molecule has 0 aliphatic heterocycles. The van der Waals surface area contributed by atoms with E-state index in [4.69, 9.17) is 13.9 Å². The molecular formula is C30H31NO5. The van der Waals surface area contributed by atoms with Gasteiger partial charge in [0.15, 0.2) is 11.4 Å². The Kier molecular flexibility index (Phi) is 8.16. The molecule has 4 rings (SSSR count). The Hall–Kier alpha value is -3.93. The molecule has 0 aliphatic carbocycles. The van der Waals surface area contributed by atoms with Crippen LogP contribution in [0.15, 0.2) is 77.2 Å². The molecule has 0 fully saturated rings. The summed E-state index contributed by atoms with van der Waals surface area (Å²) in [6, 6.07) is 22.9. The second kappa shape index (κ2) is 11.7. The summed E-state index contributed by atoms with van der Waals surface area (Å²) in [7, 11) is 0. The molecule has 0 aliphatic rings. The van der Waals surface area contributed by atoms with Crippen LogP contribution in [-0.2, 0) is 9.53 Å². The SMILES string of the molecule is CCOC(=O)CCCC(=O)c1ccc(C(Oc2ccc(-c3nc4ccccc4o3)cc2)C(C)C)cc1. The zero-order valence-corrected chi connectivity index (χ0v) is 20.9. The molecule has 6 heteroatoms. The molecule has 0 N–H and O–H groups in total. The largest absolute Gasteiger partial charge is 0.485 e. The van der Waals surface area contributed by atoms with Gasteiger partial charge in [0, 0.05) is 24.0 Å². The molecule has 3 aromatic carbocycles. The van der Waals surface area contributed by atoms with Crippen molar-refractivity contribution in [3.05, 3.63) is 83.9 Å². The number of hydrogen-bond donors (Lipinski definition) is 0. The van der Waals surface area contributed by atoms with E-state index in [1.807, 2.05) is 72.8 Å². The minimum absolute atomic E-state index is 0.0163. The van der Waals surface area contributed by atoms with E-state index in [2.05, 4.69) is 18.8 Å². The Bertz CT molecular complexity index is 1270. The van der Waals surface area contributed by atoms with Crippen LogP contribution >= 0.6 is 0 Å². The monoisotopic (exact) mass is 485 g/mol. The van der Waals surface area contributed by atoms with Gasteiger partial charge in [0.1, 0.15) is 17.4 Å². The second-order valence-corrected chi connectivity index (χ2v) is 9.00. The molecule has 1 heterocycles. The fourth-order valence-electron chi connectivity index (χ4n) is 4.04. The van der Waals surface area contributed by atoms with Crippen LogP contribution in [0.3, 0.4) is 0 Å². The number of oxazole rings is 1. The maximum absolute atomic E-state index is 12.5. The summed E-state index contributed by atoms with van der Waals surface area (Å²) in [5, 5.41) is 0. The number of Topliss-reactive ketones (excluding diaryl/α,β-unsaturated/α-hetero) is 1. The number of para-hydroxylation sites is 2. The number of carbonyl (C=O) groups excluding carboxylic acids is 2. The van der Waals surface area contributed by atoms with Crippen LogP contribution in [0.4, 0.5) is 0 Å². The van der Waals surface area contributed by atoms with E-state index < -0.39 is 0 Å². The lowest BCUT2D eigenvalue weighted by Gasteiger charge is -2.23. The van der Waals surface area contributed by atoms with Crippen molar-refractivity contribution in [2.24, 2.45) is 5.92 Å². The zero-order valence-electron chi connectivity index (χ0n) is 20.9. The van der Waals surface area contributed by atoms with Crippen LogP contribution in [0.2, 0.25) is 0 Å². The number of ether oxygens (including phenoxy) is 2. The summed E-state index contributed by atoms with van der Waals surface area (Å²) in [5.41, 5.74) is 4.09. The minimum atomic E-state index is -0.264. The van der Waals surface area contributed by atoms with Crippen LogP contribution in [-0.4, -0.2) is 23.3 Å². The number of aromatic nitrogens is 1. The molecule has 6 nitrogen and oxygen atoms in total. The van der Waals surface area contributed by atoms with E-state index in [1.54, 1.807) is 6.92 Å². The first kappa shape index (κ1) is 25.2. The fourth-order valence-corrected chi connectivity index (χ4v) is 4.04. The number of esters is 1. The highest BCUT2D eigenvalue weighted by Gasteiger charge is 2.19. The molecule has 0 saturated heterocycles. The topological polar surface area (TPSA) is 78.6 Å². The lowest BCUT2D eigenvalue weighted by molar-refractivity contribution is -0.143. The van der Waals surface area contributed by atoms with E-state index in [-0.39, 0.29) is 30.2 Å². The number of fused-ring (bicyclic) bond motifs is 1. The van der Waals surface area contributed by atoms with E-state index in [9.17, 15) is 9.59 Å². The molecule has 1 atom stereocenters. The van der Waals surface area contributed by atoms with Crippen molar-refractivity contribution in [3.8, 4) is 17.2 Å². The maximum Gasteiger partial charge on any atom is 0.305 e. The van der Waals surface area contributed by atoms with Crippen molar-refractivity contribution in [2.45, 2.75) is 46.1 Å². The molecule has 0 amide bonds. The van der Waals surface area contributed by atoms with Crippen molar-refractivity contribution in [2.75, 3.05) is 6.61 Å². The number of benzene rings is 3. The van der Waals surface area contributed by atoms with Crippen molar-refractivity contribution < 1.29 is 23.5 Å². The van der Waals surface area contributed by atoms with Crippen LogP contribution in [0.1, 0.15) is 62.1 Å². The number of nitrogens with zero attached hydrogens (tertiary/aromatic N) is 1. The molecule has 0 spiro atoms. The number of rotatable bonds is 11. The third-order valence-electron chi connectivity index (χ3n) is 5.91. The predicted octanol–water partition coefficient (Wildman–Crippen LogP) is 7.19. The van der Waals surface area contributed by atoms with E-state index >= 15 is 0 Å². The van der Waals surface area contributed by atoms with Gasteiger partial charge in [0.05, 0.1) is 6.61 Å². The Morgan fingerprint density at radius 3 is 2.31 bits per heavy atom. The van der Waals surface area contributed by atoms with Crippen LogP contribution < -0.4 is 4.74 Å². The number of hydrogen-bond acceptors (Lipinski definition) is 6. The van der Waals surface area contributed by atoms with E-state index in [0.29, 0.717) is 30.9 Å². The first-order valence-corrected chi connectivity index (χ1v) is 12.4. The molecule has 1 unspecified atom stereocenters. The summed E-state index contributed by atoms with van der Waals surface area (Å²) in [4.78, 5) is 28.5. The first-order valence-electron chi connectivity index (χ1n) is 12.4. The van der Waals surface area contributed by atoms with Crippen molar-refractivity contribution in [1.29, 1.82) is 0 Å². The number of carbonyl (C=O) groups is 2. The summed E-state index contributed by atoms with van der Waals surface area (Å²) in [5.74, 6) is 1.29. The average molecular weight is 486 g/mol. The lowest BCUT2D eigenvalue weighted by Crippen LogP contribution is -2.14. The van der Waals surface area contributed by atoms with Gasteiger partial charge in [-0.3, -0.25) is 9.59 Å². The highest BCUT2D eigenvalue weighted by molar-refractivity contribution is 5.96. The van der Waals surface area contributed by atoms with E-state index in [0.717, 1.165) is 28.0 Å². The Balaban J connectivity index is 1.40. The predicted molar refractivity (Wildman–Crippen MR) is 139 cm³/mol. The fraction of sp³-hybridized carbons (Fsp3) is 0.300. The third kappa shape index (κ3) is 6.19. The molecule has 36 heavy (non-hydrogen) atoms. The van der Waals surface area contributed by atoms with Gasteiger partial charge < -0.3 is 13.9 Å². The lowest BCUT2D eigenvalue weighted by atomic mass is 9.96. The Morgan fingerprint density at radius 2 is 1.64 bits per heavy atom. The first-order chi connectivity index (χ1) is 17.4. The van der Waals surface area contributed by atoms with Crippen LogP contribution in [0, 0.1) is 5.92 Å². The van der Waals surface area contributed by atoms with Gasteiger partial charge >= 0.3 is 5.97 Å². The summed E-state index contributed by atoms with van der Waals surface area (Å²) in [6.45, 7) is 6.33. The highest BCUT2D eigenvalue weighted by atomic mass is 16.5. The van der Waals surface area contributed by atoms with E-state index in [1.165, 1.54) is 0 Å². The van der Waals surface area contributed by atoms with Crippen LogP contribution in [0.5, 0.6) is 5.75 Å². The molecule has 186 valence electrons.